The normalized spacial score (nSPS) is 10.5. The second kappa shape index (κ2) is 6.06. The summed E-state index contributed by atoms with van der Waals surface area (Å²) in [6, 6.07) is 2.51. The van der Waals surface area contributed by atoms with Crippen LogP contribution in [-0.2, 0) is 0 Å². The van der Waals surface area contributed by atoms with E-state index in [4.69, 9.17) is 0 Å². The molecule has 100 valence electrons. The van der Waals surface area contributed by atoms with Gasteiger partial charge < -0.3 is 5.32 Å². The fourth-order valence-corrected chi connectivity index (χ4v) is 1.92. The molecule has 0 amide bonds. The molecule has 0 atom stereocenters. The minimum Gasteiger partial charge on any atom is -0.369 e. The molecule has 3 nitrogen and oxygen atoms in total. The van der Waals surface area contributed by atoms with E-state index in [1.54, 1.807) is 0 Å². The summed E-state index contributed by atoms with van der Waals surface area (Å²) in [6.45, 7) is 2.74. The molecule has 6 heteroatoms. The lowest BCUT2D eigenvalue weighted by Gasteiger charge is -2.08. The van der Waals surface area contributed by atoms with Gasteiger partial charge in [-0.1, -0.05) is 6.92 Å². The zero-order chi connectivity index (χ0) is 13.8. The van der Waals surface area contributed by atoms with Crippen molar-refractivity contribution in [2.75, 3.05) is 11.9 Å². The third-order valence-electron chi connectivity index (χ3n) is 2.49. The van der Waals surface area contributed by atoms with Crippen molar-refractivity contribution >= 4 is 21.7 Å². The molecule has 0 aliphatic rings. The third-order valence-corrected chi connectivity index (χ3v) is 3.10. The van der Waals surface area contributed by atoms with Crippen LogP contribution in [0.1, 0.15) is 13.3 Å². The Bertz CT molecular complexity index is 590. The molecule has 0 bridgehead atoms. The van der Waals surface area contributed by atoms with Crippen molar-refractivity contribution in [3.05, 3.63) is 40.6 Å². The summed E-state index contributed by atoms with van der Waals surface area (Å²) in [5.41, 5.74) is -0.0144. The van der Waals surface area contributed by atoms with Gasteiger partial charge >= 0.3 is 0 Å². The van der Waals surface area contributed by atoms with Crippen LogP contribution in [0, 0.1) is 11.6 Å². The first-order valence-corrected chi connectivity index (χ1v) is 6.62. The smallest absolute Gasteiger partial charge is 0.149 e. The van der Waals surface area contributed by atoms with Gasteiger partial charge in [0, 0.05) is 6.54 Å². The van der Waals surface area contributed by atoms with Crippen LogP contribution in [0.15, 0.2) is 29.0 Å². The molecule has 0 saturated carbocycles. The number of nitrogens with one attached hydrogen (secondary N) is 1. The average molecular weight is 328 g/mol. The number of hydrogen-bond donors (Lipinski definition) is 1. The van der Waals surface area contributed by atoms with Crippen LogP contribution in [0.25, 0.3) is 11.3 Å². The number of hydrogen-bond acceptors (Lipinski definition) is 3. The summed E-state index contributed by atoms with van der Waals surface area (Å²) in [5, 5.41) is 3.03. The third kappa shape index (κ3) is 3.07. The molecule has 0 fully saturated rings. The Morgan fingerprint density at radius 1 is 1.26 bits per heavy atom. The zero-order valence-electron chi connectivity index (χ0n) is 10.3. The zero-order valence-corrected chi connectivity index (χ0v) is 11.8. The minimum absolute atomic E-state index is 0.164. The van der Waals surface area contributed by atoms with E-state index in [-0.39, 0.29) is 15.7 Å². The van der Waals surface area contributed by atoms with Crippen molar-refractivity contribution in [3.8, 4) is 11.3 Å². The maximum atomic E-state index is 14.0. The van der Waals surface area contributed by atoms with Gasteiger partial charge in [0.2, 0.25) is 0 Å². The van der Waals surface area contributed by atoms with Crippen LogP contribution in [-0.4, -0.2) is 16.5 Å². The van der Waals surface area contributed by atoms with Gasteiger partial charge in [-0.2, -0.15) is 0 Å². The molecule has 0 spiro atoms. The molecule has 2 aromatic rings. The Balaban J connectivity index is 2.44. The molecule has 0 unspecified atom stereocenters. The number of anilines is 1. The van der Waals surface area contributed by atoms with E-state index in [0.29, 0.717) is 5.82 Å². The van der Waals surface area contributed by atoms with Crippen molar-refractivity contribution in [3.63, 3.8) is 0 Å². The van der Waals surface area contributed by atoms with Crippen LogP contribution in [0.2, 0.25) is 0 Å². The molecule has 19 heavy (non-hydrogen) atoms. The molecule has 1 aromatic heterocycles. The predicted molar refractivity (Wildman–Crippen MR) is 73.9 cm³/mol. The molecular weight excluding hydrogens is 316 g/mol. The quantitative estimate of drug-likeness (QED) is 0.862. The van der Waals surface area contributed by atoms with Gasteiger partial charge in [0.15, 0.2) is 0 Å². The van der Waals surface area contributed by atoms with Gasteiger partial charge in [0.05, 0.1) is 28.1 Å². The molecule has 1 aromatic carbocycles. The molecule has 1 N–H and O–H groups in total. The van der Waals surface area contributed by atoms with E-state index in [9.17, 15) is 8.78 Å². The van der Waals surface area contributed by atoms with Crippen LogP contribution >= 0.6 is 15.9 Å². The first kappa shape index (κ1) is 13.9. The second-order valence-electron chi connectivity index (χ2n) is 3.93. The number of nitrogens with zero attached hydrogens (tertiary/aromatic N) is 2. The van der Waals surface area contributed by atoms with Crippen molar-refractivity contribution in [1.82, 2.24) is 9.97 Å². The van der Waals surface area contributed by atoms with Gasteiger partial charge in [0.1, 0.15) is 17.5 Å². The monoisotopic (exact) mass is 327 g/mol. The highest BCUT2D eigenvalue weighted by atomic mass is 79.9. The number of rotatable bonds is 4. The first-order valence-electron chi connectivity index (χ1n) is 5.83. The molecule has 1 heterocycles. The van der Waals surface area contributed by atoms with Gasteiger partial charge in [-0.05, 0) is 34.5 Å². The topological polar surface area (TPSA) is 37.8 Å². The van der Waals surface area contributed by atoms with Crippen molar-refractivity contribution in [2.24, 2.45) is 0 Å². The largest absolute Gasteiger partial charge is 0.369 e. The van der Waals surface area contributed by atoms with Gasteiger partial charge in [-0.25, -0.2) is 13.8 Å². The number of halogens is 3. The van der Waals surface area contributed by atoms with Gasteiger partial charge in [-0.3, -0.25) is 4.98 Å². The summed E-state index contributed by atoms with van der Waals surface area (Å²) < 4.78 is 27.9. The second-order valence-corrected chi connectivity index (χ2v) is 4.79. The molecule has 0 aliphatic heterocycles. The number of aromatic nitrogens is 2. The van der Waals surface area contributed by atoms with Crippen LogP contribution in [0.4, 0.5) is 14.6 Å². The van der Waals surface area contributed by atoms with E-state index in [2.05, 4.69) is 31.2 Å². The molecule has 0 saturated heterocycles. The Labute approximate surface area is 118 Å². The van der Waals surface area contributed by atoms with E-state index >= 15 is 0 Å². The SMILES string of the molecule is CCCNc1cncc(-c2c(F)ccc(Br)c2F)n1. The summed E-state index contributed by atoms with van der Waals surface area (Å²) >= 11 is 3.03. The van der Waals surface area contributed by atoms with Crippen molar-refractivity contribution in [2.45, 2.75) is 13.3 Å². The van der Waals surface area contributed by atoms with E-state index < -0.39 is 11.6 Å². The first-order chi connectivity index (χ1) is 9.13. The molecule has 0 radical (unpaired) electrons. The number of benzene rings is 1. The van der Waals surface area contributed by atoms with Crippen molar-refractivity contribution in [1.29, 1.82) is 0 Å². The summed E-state index contributed by atoms with van der Waals surface area (Å²) in [5.74, 6) is -0.845. The Hall–Kier alpha value is -1.56. The van der Waals surface area contributed by atoms with Gasteiger partial charge in [0.25, 0.3) is 0 Å². The van der Waals surface area contributed by atoms with Gasteiger partial charge in [-0.15, -0.1) is 0 Å². The maximum absolute atomic E-state index is 14.0. The molecular formula is C13H12BrF2N3. The lowest BCUT2D eigenvalue weighted by Crippen LogP contribution is -2.04. The summed E-state index contributed by atoms with van der Waals surface area (Å²) in [6.07, 6.45) is 3.78. The summed E-state index contributed by atoms with van der Waals surface area (Å²) in [7, 11) is 0. The molecule has 2 rings (SSSR count). The molecule has 0 aliphatic carbocycles. The lowest BCUT2D eigenvalue weighted by molar-refractivity contribution is 0.584. The highest BCUT2D eigenvalue weighted by Gasteiger charge is 2.16. The fourth-order valence-electron chi connectivity index (χ4n) is 1.59. The average Bonchev–Trinajstić information content (AvgIpc) is 2.42. The Morgan fingerprint density at radius 2 is 2.05 bits per heavy atom. The Kier molecular flexibility index (Phi) is 4.42. The van der Waals surface area contributed by atoms with Crippen LogP contribution in [0.5, 0.6) is 0 Å². The maximum Gasteiger partial charge on any atom is 0.149 e. The van der Waals surface area contributed by atoms with E-state index in [1.165, 1.54) is 24.5 Å². The predicted octanol–water partition coefficient (Wildman–Crippen LogP) is 4.01. The highest BCUT2D eigenvalue weighted by Crippen LogP contribution is 2.29. The van der Waals surface area contributed by atoms with Crippen LogP contribution in [0.3, 0.4) is 0 Å². The highest BCUT2D eigenvalue weighted by molar-refractivity contribution is 9.10. The lowest BCUT2D eigenvalue weighted by atomic mass is 10.1. The fraction of sp³-hybridized carbons (Fsp3) is 0.231. The van der Waals surface area contributed by atoms with E-state index in [0.717, 1.165) is 13.0 Å². The van der Waals surface area contributed by atoms with Crippen LogP contribution < -0.4 is 5.32 Å². The Morgan fingerprint density at radius 3 is 2.79 bits per heavy atom. The standard InChI is InChI=1S/C13H12BrF2N3/c1-2-5-18-11-7-17-6-10(19-11)12-9(15)4-3-8(14)13(12)16/h3-4,6-7H,2,5H2,1H3,(H,18,19). The minimum atomic E-state index is -0.679. The van der Waals surface area contributed by atoms with Crippen molar-refractivity contribution < 1.29 is 8.78 Å². The summed E-state index contributed by atoms with van der Waals surface area (Å²) in [4.78, 5) is 8.12. The van der Waals surface area contributed by atoms with E-state index in [1.807, 2.05) is 6.92 Å².